The van der Waals surface area contributed by atoms with Gasteiger partial charge in [0, 0.05) is 45.5 Å². The molecule has 1 atom stereocenters. The maximum absolute atomic E-state index is 13.5. The number of fused-ring (bicyclic) bond motifs is 2. The quantitative estimate of drug-likeness (QED) is 0.287. The number of amides is 1. The topological polar surface area (TPSA) is 64.2 Å². The number of pyridine rings is 1. The van der Waals surface area contributed by atoms with Crippen LogP contribution in [0.4, 0.5) is 0 Å². The molecule has 2 aromatic carbocycles. The Morgan fingerprint density at radius 1 is 1.03 bits per heavy atom. The number of carbonyl (C=O) groups is 1. The maximum Gasteiger partial charge on any atom is 0.255 e. The number of thiophene rings is 1. The van der Waals surface area contributed by atoms with Crippen LogP contribution < -0.4 is 5.32 Å². The highest BCUT2D eigenvalue weighted by atomic mass is 32.1. The van der Waals surface area contributed by atoms with Crippen LogP contribution >= 0.6 is 11.3 Å². The lowest BCUT2D eigenvalue weighted by atomic mass is 9.96. The Hall–Kier alpha value is -4.67. The molecule has 186 valence electrons. The summed E-state index contributed by atoms with van der Waals surface area (Å²) in [6.45, 7) is 3.91. The summed E-state index contributed by atoms with van der Waals surface area (Å²) < 4.78 is 4.63. The molecule has 0 radical (unpaired) electrons. The Kier molecular flexibility index (Phi) is 6.02. The monoisotopic (exact) mass is 515 g/mol. The number of benzene rings is 2. The Labute approximate surface area is 224 Å². The molecular formula is C31H25N5OS. The second-order valence-electron chi connectivity index (χ2n) is 9.22. The van der Waals surface area contributed by atoms with E-state index in [4.69, 9.17) is 0 Å². The fraction of sp³-hybridized carbons (Fsp3) is 0.129. The van der Waals surface area contributed by atoms with Crippen molar-refractivity contribution < 1.29 is 4.79 Å². The summed E-state index contributed by atoms with van der Waals surface area (Å²) in [6.07, 6.45) is 5.53. The van der Waals surface area contributed by atoms with Crippen LogP contribution in [0, 0.1) is 18.8 Å². The zero-order chi connectivity index (χ0) is 26.2. The van der Waals surface area contributed by atoms with Gasteiger partial charge < -0.3 is 5.32 Å². The van der Waals surface area contributed by atoms with Gasteiger partial charge in [0.15, 0.2) is 0 Å². The Balaban J connectivity index is 1.45. The van der Waals surface area contributed by atoms with Gasteiger partial charge in [0.25, 0.3) is 5.91 Å². The van der Waals surface area contributed by atoms with E-state index in [9.17, 15) is 4.79 Å². The minimum atomic E-state index is -0.229. The molecule has 0 bridgehead atoms. The average molecular weight is 516 g/mol. The van der Waals surface area contributed by atoms with Crippen LogP contribution in [-0.2, 0) is 7.05 Å². The molecule has 4 aromatic heterocycles. The second kappa shape index (κ2) is 9.66. The smallest absolute Gasteiger partial charge is 0.255 e. The fourth-order valence-corrected chi connectivity index (χ4v) is 6.08. The summed E-state index contributed by atoms with van der Waals surface area (Å²) in [4.78, 5) is 14.6. The maximum atomic E-state index is 13.5. The van der Waals surface area contributed by atoms with Gasteiger partial charge in [0.05, 0.1) is 34.6 Å². The minimum Gasteiger partial charge on any atom is -0.345 e. The van der Waals surface area contributed by atoms with Crippen LogP contribution in [0.3, 0.4) is 0 Å². The number of nitrogens with zero attached hydrogens (tertiary/aromatic N) is 4. The van der Waals surface area contributed by atoms with Gasteiger partial charge in [0.2, 0.25) is 0 Å². The van der Waals surface area contributed by atoms with Crippen molar-refractivity contribution in [2.75, 3.05) is 0 Å². The van der Waals surface area contributed by atoms with Crippen molar-refractivity contribution in [2.45, 2.75) is 19.9 Å². The first-order valence-electron chi connectivity index (χ1n) is 12.4. The van der Waals surface area contributed by atoms with Gasteiger partial charge in [-0.1, -0.05) is 54.3 Å². The molecule has 0 aliphatic rings. The normalized spacial score (nSPS) is 11.9. The van der Waals surface area contributed by atoms with E-state index in [0.717, 1.165) is 42.7 Å². The van der Waals surface area contributed by atoms with Crippen LogP contribution in [-0.4, -0.2) is 25.3 Å². The molecule has 0 unspecified atom stereocenters. The zero-order valence-electron chi connectivity index (χ0n) is 21.3. The lowest BCUT2D eigenvalue weighted by Gasteiger charge is -2.15. The minimum absolute atomic E-state index is 0.135. The molecule has 6 rings (SSSR count). The number of hydrogen-bond acceptors (Lipinski definition) is 4. The number of carbonyl (C=O) groups excluding carboxylic acids is 1. The molecule has 0 saturated carbocycles. The van der Waals surface area contributed by atoms with Crippen LogP contribution in [0.25, 0.3) is 26.7 Å². The third-order valence-corrected chi connectivity index (χ3v) is 7.87. The van der Waals surface area contributed by atoms with Gasteiger partial charge >= 0.3 is 0 Å². The van der Waals surface area contributed by atoms with Crippen molar-refractivity contribution in [2.24, 2.45) is 7.05 Å². The molecule has 6 aromatic rings. The Morgan fingerprint density at radius 3 is 2.63 bits per heavy atom. The van der Waals surface area contributed by atoms with Crippen molar-refractivity contribution >= 4 is 32.8 Å². The summed E-state index contributed by atoms with van der Waals surface area (Å²) in [5, 5.41) is 13.1. The summed E-state index contributed by atoms with van der Waals surface area (Å²) in [5.41, 5.74) is 6.11. The van der Waals surface area contributed by atoms with E-state index in [-0.39, 0.29) is 11.9 Å². The van der Waals surface area contributed by atoms with Crippen molar-refractivity contribution in [3.8, 4) is 23.0 Å². The molecule has 0 saturated heterocycles. The number of aryl methyl sites for hydroxylation is 2. The molecule has 6 nitrogen and oxygen atoms in total. The highest BCUT2D eigenvalue weighted by Gasteiger charge is 2.24. The molecule has 0 spiro atoms. The number of nitrogens with one attached hydrogen (secondary N) is 1. The van der Waals surface area contributed by atoms with Crippen LogP contribution in [0.1, 0.15) is 45.0 Å². The summed E-state index contributed by atoms with van der Waals surface area (Å²) >= 11 is 1.69. The van der Waals surface area contributed by atoms with Crippen molar-refractivity contribution in [3.05, 3.63) is 113 Å². The first-order valence-corrected chi connectivity index (χ1v) is 13.2. The molecular weight excluding hydrogens is 490 g/mol. The second-order valence-corrected chi connectivity index (χ2v) is 10.3. The standard InChI is InChI=1S/C31H25N5OS/c1-20-27(25-13-7-8-17-36(25)34-20)31(37)33-21(2)30-29(23-10-5-4-6-11-23)28-24(12-9-14-26(28)38-30)16-15-22-18-32-35(3)19-22/h4-14,17-19,21H,1-3H3,(H,33,37)/t21-/m0/s1. The number of hydrogen-bond donors (Lipinski definition) is 1. The molecule has 0 fully saturated rings. The van der Waals surface area contributed by atoms with Crippen molar-refractivity contribution in [1.29, 1.82) is 0 Å². The first-order chi connectivity index (χ1) is 18.5. The van der Waals surface area contributed by atoms with Crippen LogP contribution in [0.5, 0.6) is 0 Å². The summed E-state index contributed by atoms with van der Waals surface area (Å²) in [5.74, 6) is 6.50. The SMILES string of the molecule is Cc1nn2ccccc2c1C(=O)N[C@@H](C)c1sc2cccc(C#Cc3cnn(C)c3)c2c1-c1ccccc1. The van der Waals surface area contributed by atoms with Crippen LogP contribution in [0.15, 0.2) is 85.3 Å². The highest BCUT2D eigenvalue weighted by Crippen LogP contribution is 2.43. The fourth-order valence-electron chi connectivity index (χ4n) is 4.82. The van der Waals surface area contributed by atoms with E-state index in [1.165, 1.54) is 0 Å². The van der Waals surface area contributed by atoms with Gasteiger partial charge in [-0.15, -0.1) is 11.3 Å². The van der Waals surface area contributed by atoms with E-state index in [2.05, 4.69) is 51.6 Å². The molecule has 0 aliphatic carbocycles. The van der Waals surface area contributed by atoms with E-state index in [0.29, 0.717) is 11.3 Å². The predicted octanol–water partition coefficient (Wildman–Crippen LogP) is 6.15. The van der Waals surface area contributed by atoms with E-state index in [1.807, 2.05) is 75.8 Å². The van der Waals surface area contributed by atoms with E-state index >= 15 is 0 Å². The van der Waals surface area contributed by atoms with Gasteiger partial charge in [-0.25, -0.2) is 4.52 Å². The lowest BCUT2D eigenvalue weighted by molar-refractivity contribution is 0.0941. The Morgan fingerprint density at radius 2 is 1.84 bits per heavy atom. The van der Waals surface area contributed by atoms with Gasteiger partial charge in [-0.2, -0.15) is 10.2 Å². The summed E-state index contributed by atoms with van der Waals surface area (Å²) in [7, 11) is 1.88. The van der Waals surface area contributed by atoms with Gasteiger partial charge in [0.1, 0.15) is 0 Å². The predicted molar refractivity (Wildman–Crippen MR) is 152 cm³/mol. The van der Waals surface area contributed by atoms with Crippen molar-refractivity contribution in [3.63, 3.8) is 0 Å². The van der Waals surface area contributed by atoms with E-state index in [1.54, 1.807) is 26.7 Å². The van der Waals surface area contributed by atoms with E-state index < -0.39 is 0 Å². The van der Waals surface area contributed by atoms with Gasteiger partial charge in [-0.05, 0) is 43.7 Å². The molecule has 38 heavy (non-hydrogen) atoms. The molecule has 0 aliphatic heterocycles. The largest absolute Gasteiger partial charge is 0.345 e. The average Bonchev–Trinajstić information content (AvgIpc) is 3.62. The lowest BCUT2D eigenvalue weighted by Crippen LogP contribution is -2.27. The Bertz CT molecular complexity index is 1870. The molecule has 1 N–H and O–H groups in total. The number of rotatable bonds is 4. The third kappa shape index (κ3) is 4.25. The summed E-state index contributed by atoms with van der Waals surface area (Å²) in [6, 6.07) is 22.0. The van der Waals surface area contributed by atoms with Crippen molar-refractivity contribution in [1.82, 2.24) is 24.7 Å². The zero-order valence-corrected chi connectivity index (χ0v) is 22.1. The third-order valence-electron chi connectivity index (χ3n) is 6.53. The van der Waals surface area contributed by atoms with Crippen LogP contribution in [0.2, 0.25) is 0 Å². The first kappa shape index (κ1) is 23.7. The molecule has 7 heteroatoms. The highest BCUT2D eigenvalue weighted by molar-refractivity contribution is 7.19. The molecule has 4 heterocycles. The van der Waals surface area contributed by atoms with Gasteiger partial charge in [-0.3, -0.25) is 9.48 Å². The number of aromatic nitrogens is 4. The molecule has 1 amide bonds.